The van der Waals surface area contributed by atoms with Gasteiger partial charge in [-0.15, -0.1) is 0 Å². The van der Waals surface area contributed by atoms with Crippen molar-refractivity contribution >= 4 is 27.6 Å². The Kier molecular flexibility index (Phi) is 4.70. The first-order valence-electron chi connectivity index (χ1n) is 10.3. The molecule has 2 N–H and O–H groups in total. The third-order valence-electron chi connectivity index (χ3n) is 6.14. The quantitative estimate of drug-likeness (QED) is 0.724. The minimum Gasteiger partial charge on any atom is -0.376 e. The molecule has 0 radical (unpaired) electrons. The van der Waals surface area contributed by atoms with Gasteiger partial charge in [0.05, 0.1) is 24.5 Å². The zero-order valence-corrected chi connectivity index (χ0v) is 17.7. The van der Waals surface area contributed by atoms with Crippen LogP contribution in [0.2, 0.25) is 0 Å². The first kappa shape index (κ1) is 19.4. The summed E-state index contributed by atoms with van der Waals surface area (Å²) < 4.78 is 36.7. The number of carbonyl (C=O) groups excluding carboxylic acids is 1. The number of hydrogen-bond acceptors (Lipinski definition) is 5. The fraction of sp³-hybridized carbons (Fsp3) is 0.500. The summed E-state index contributed by atoms with van der Waals surface area (Å²) in [5.74, 6) is 0. The number of nitrogens with one attached hydrogen (secondary N) is 2. The van der Waals surface area contributed by atoms with Crippen LogP contribution in [0.25, 0.3) is 0 Å². The van der Waals surface area contributed by atoms with E-state index < -0.39 is 16.2 Å². The van der Waals surface area contributed by atoms with Crippen molar-refractivity contribution in [2.45, 2.75) is 44.6 Å². The number of hydrogen-bond donors (Lipinski definition) is 2. The largest absolute Gasteiger partial charge is 0.376 e. The summed E-state index contributed by atoms with van der Waals surface area (Å²) in [5, 5.41) is 6.89. The number of benzene rings is 1. The number of amides is 2. The van der Waals surface area contributed by atoms with E-state index in [1.54, 1.807) is 13.2 Å². The summed E-state index contributed by atoms with van der Waals surface area (Å²) in [6.45, 7) is 0.744. The van der Waals surface area contributed by atoms with Crippen molar-refractivity contribution in [3.8, 4) is 0 Å². The van der Waals surface area contributed by atoms with Gasteiger partial charge in [0.15, 0.2) is 0 Å². The van der Waals surface area contributed by atoms with Crippen molar-refractivity contribution in [3.05, 3.63) is 40.7 Å². The molecule has 0 spiro atoms. The molecule has 2 aliphatic carbocycles. The van der Waals surface area contributed by atoms with Crippen LogP contribution in [0.3, 0.4) is 0 Å². The topological polar surface area (TPSA) is 106 Å². The molecule has 0 unspecified atom stereocenters. The highest BCUT2D eigenvalue weighted by Gasteiger charge is 2.32. The monoisotopic (exact) mass is 431 g/mol. The number of rotatable bonds is 6. The van der Waals surface area contributed by atoms with Crippen molar-refractivity contribution in [3.63, 3.8) is 0 Å². The Morgan fingerprint density at radius 2 is 2.00 bits per heavy atom. The van der Waals surface area contributed by atoms with Crippen molar-refractivity contribution < 1.29 is 17.9 Å². The molecule has 10 heteroatoms. The highest BCUT2D eigenvalue weighted by atomic mass is 32.2. The fourth-order valence-electron chi connectivity index (χ4n) is 4.39. The zero-order valence-electron chi connectivity index (χ0n) is 16.8. The van der Waals surface area contributed by atoms with E-state index in [2.05, 4.69) is 21.2 Å². The maximum Gasteiger partial charge on any atom is 0.334 e. The summed E-state index contributed by atoms with van der Waals surface area (Å²) in [6.07, 6.45) is 8.37. The number of aryl methyl sites for hydroxylation is 3. The molecule has 1 saturated heterocycles. The molecule has 2 amide bonds. The number of ether oxygens (including phenoxy) is 1. The van der Waals surface area contributed by atoms with Gasteiger partial charge in [-0.2, -0.15) is 13.5 Å². The molecule has 1 fully saturated rings. The molecule has 30 heavy (non-hydrogen) atoms. The van der Waals surface area contributed by atoms with Gasteiger partial charge in [0, 0.05) is 25.5 Å². The Labute approximate surface area is 175 Å². The molecule has 2 heterocycles. The van der Waals surface area contributed by atoms with E-state index in [1.165, 1.54) is 22.0 Å². The lowest BCUT2D eigenvalue weighted by Gasteiger charge is -2.32. The normalized spacial score (nSPS) is 19.3. The average molecular weight is 432 g/mol. The van der Waals surface area contributed by atoms with Gasteiger partial charge in [0.25, 0.3) is 0 Å². The standard InChI is InChI=1S/C20H25N5O4S/c1-24-11-15(10-21-24)25(12-16-3-2-8-29-16)30(27,28)23-20(26)22-19-17-6-4-13(17)9-14-5-7-18(14)19/h9-11,16H,2-8,12H2,1H3,(H2,22,23,26)/t16-/m1/s1. The highest BCUT2D eigenvalue weighted by Crippen LogP contribution is 2.40. The second-order valence-corrected chi connectivity index (χ2v) is 9.72. The van der Waals surface area contributed by atoms with Gasteiger partial charge in [-0.3, -0.25) is 4.68 Å². The molecule has 3 aliphatic rings. The third kappa shape index (κ3) is 3.43. The van der Waals surface area contributed by atoms with Crippen molar-refractivity contribution in [1.29, 1.82) is 0 Å². The minimum atomic E-state index is -4.14. The maximum absolute atomic E-state index is 13.1. The van der Waals surface area contributed by atoms with Gasteiger partial charge in [-0.05, 0) is 60.8 Å². The molecule has 5 rings (SSSR count). The lowest BCUT2D eigenvalue weighted by atomic mass is 9.76. The van der Waals surface area contributed by atoms with Crippen LogP contribution in [-0.2, 0) is 47.7 Å². The molecule has 1 atom stereocenters. The van der Waals surface area contributed by atoms with Crippen molar-refractivity contribution in [2.24, 2.45) is 7.05 Å². The van der Waals surface area contributed by atoms with E-state index in [-0.39, 0.29) is 12.6 Å². The molecular formula is C20H25N5O4S. The molecule has 0 saturated carbocycles. The lowest BCUT2D eigenvalue weighted by Crippen LogP contribution is -2.48. The molecule has 1 aromatic heterocycles. The summed E-state index contributed by atoms with van der Waals surface area (Å²) in [5.41, 5.74) is 5.94. The van der Waals surface area contributed by atoms with Crippen LogP contribution in [0.5, 0.6) is 0 Å². The molecule has 2 aromatic rings. The predicted octanol–water partition coefficient (Wildman–Crippen LogP) is 1.67. The SMILES string of the molecule is Cn1cc(N(C[C@H]2CCCO2)S(=O)(=O)NC(=O)Nc2c3c(cc4c2CC4)CC3)cn1. The average Bonchev–Trinajstić information content (AvgIpc) is 3.27. The van der Waals surface area contributed by atoms with Crippen molar-refractivity contribution in [2.75, 3.05) is 22.8 Å². The van der Waals surface area contributed by atoms with Crippen LogP contribution < -0.4 is 14.3 Å². The molecule has 1 aromatic carbocycles. The number of urea groups is 1. The zero-order chi connectivity index (χ0) is 20.9. The van der Waals surface area contributed by atoms with Crippen LogP contribution >= 0.6 is 0 Å². The van der Waals surface area contributed by atoms with Crippen LogP contribution in [0.1, 0.15) is 35.1 Å². The van der Waals surface area contributed by atoms with Crippen LogP contribution in [0.15, 0.2) is 18.5 Å². The van der Waals surface area contributed by atoms with E-state index in [1.807, 2.05) is 0 Å². The third-order valence-corrected chi connectivity index (χ3v) is 7.52. The van der Waals surface area contributed by atoms with Gasteiger partial charge in [0.1, 0.15) is 0 Å². The molecule has 1 aliphatic heterocycles. The fourth-order valence-corrected chi connectivity index (χ4v) is 5.52. The Bertz CT molecular complexity index is 1070. The van der Waals surface area contributed by atoms with E-state index in [4.69, 9.17) is 4.74 Å². The second-order valence-electron chi connectivity index (χ2n) is 8.13. The van der Waals surface area contributed by atoms with E-state index in [0.717, 1.165) is 59.6 Å². The lowest BCUT2D eigenvalue weighted by molar-refractivity contribution is 0.118. The second kappa shape index (κ2) is 7.28. The van der Waals surface area contributed by atoms with E-state index >= 15 is 0 Å². The van der Waals surface area contributed by atoms with Gasteiger partial charge < -0.3 is 10.1 Å². The molecule has 0 bridgehead atoms. The van der Waals surface area contributed by atoms with E-state index in [0.29, 0.717) is 12.3 Å². The summed E-state index contributed by atoms with van der Waals surface area (Å²) in [6, 6.07) is 1.47. The molecular weight excluding hydrogens is 406 g/mol. The number of nitrogens with zero attached hydrogens (tertiary/aromatic N) is 3. The number of carbonyl (C=O) groups is 1. The number of anilines is 2. The Morgan fingerprint density at radius 3 is 2.53 bits per heavy atom. The predicted molar refractivity (Wildman–Crippen MR) is 112 cm³/mol. The smallest absolute Gasteiger partial charge is 0.334 e. The van der Waals surface area contributed by atoms with Gasteiger partial charge in [-0.1, -0.05) is 6.07 Å². The Hall–Kier alpha value is -2.59. The van der Waals surface area contributed by atoms with Crippen LogP contribution in [0.4, 0.5) is 16.2 Å². The number of fused-ring (bicyclic) bond motifs is 2. The molecule has 160 valence electrons. The first-order chi connectivity index (χ1) is 14.4. The summed E-state index contributed by atoms with van der Waals surface area (Å²) in [7, 11) is -2.43. The van der Waals surface area contributed by atoms with Gasteiger partial charge in [-0.25, -0.2) is 13.8 Å². The maximum atomic E-state index is 13.1. The summed E-state index contributed by atoms with van der Waals surface area (Å²) >= 11 is 0. The highest BCUT2D eigenvalue weighted by molar-refractivity contribution is 7.91. The Morgan fingerprint density at radius 1 is 1.27 bits per heavy atom. The number of aromatic nitrogens is 2. The first-order valence-corrected chi connectivity index (χ1v) is 11.7. The molecule has 9 nitrogen and oxygen atoms in total. The van der Waals surface area contributed by atoms with Crippen LogP contribution in [-0.4, -0.2) is 43.5 Å². The van der Waals surface area contributed by atoms with Crippen molar-refractivity contribution in [1.82, 2.24) is 14.5 Å². The van der Waals surface area contributed by atoms with Crippen LogP contribution in [0, 0.1) is 0 Å². The summed E-state index contributed by atoms with van der Waals surface area (Å²) in [4.78, 5) is 12.7. The van der Waals surface area contributed by atoms with Gasteiger partial charge in [0.2, 0.25) is 0 Å². The van der Waals surface area contributed by atoms with Gasteiger partial charge >= 0.3 is 16.2 Å². The minimum absolute atomic E-state index is 0.129. The van der Waals surface area contributed by atoms with E-state index in [9.17, 15) is 13.2 Å². The Balaban J connectivity index is 1.36.